The molecule has 0 aliphatic rings. The van der Waals surface area contributed by atoms with E-state index >= 15 is 0 Å². The van der Waals surface area contributed by atoms with Crippen LogP contribution in [0.3, 0.4) is 0 Å². The molecule has 0 aliphatic carbocycles. The van der Waals surface area contributed by atoms with Crippen LogP contribution in [-0.2, 0) is 9.59 Å². The first-order valence-electron chi connectivity index (χ1n) is 7.24. The Morgan fingerprint density at radius 2 is 2.00 bits per heavy atom. The molecule has 2 aromatic rings. The van der Waals surface area contributed by atoms with Gasteiger partial charge in [0.2, 0.25) is 5.91 Å². The average Bonchev–Trinajstić information content (AvgIpc) is 2.61. The normalized spacial score (nSPS) is 11.0. The Hall–Kier alpha value is -3.40. The summed E-state index contributed by atoms with van der Waals surface area (Å²) >= 11 is 0. The number of hydrogen-bond donors (Lipinski definition) is 2. The first kappa shape index (κ1) is 17.0. The van der Waals surface area contributed by atoms with Gasteiger partial charge in [-0.15, -0.1) is 0 Å². The van der Waals surface area contributed by atoms with Crippen LogP contribution in [0.4, 0.5) is 5.82 Å². The third-order valence-corrected chi connectivity index (χ3v) is 3.04. The number of rotatable bonds is 6. The third kappa shape index (κ3) is 4.81. The number of nitrogens with one attached hydrogen (secondary N) is 2. The van der Waals surface area contributed by atoms with Crippen molar-refractivity contribution in [3.8, 4) is 11.8 Å². The van der Waals surface area contributed by atoms with Gasteiger partial charge in [0.05, 0.1) is 12.1 Å². The Bertz CT molecular complexity index is 756. The lowest BCUT2D eigenvalue weighted by Crippen LogP contribution is -2.40. The summed E-state index contributed by atoms with van der Waals surface area (Å²) < 4.78 is 5.47. The monoisotopic (exact) mass is 324 g/mol. The van der Waals surface area contributed by atoms with Gasteiger partial charge < -0.3 is 15.4 Å². The predicted octanol–water partition coefficient (Wildman–Crippen LogP) is 1.48. The molecule has 122 valence electrons. The fourth-order valence-corrected chi connectivity index (χ4v) is 1.84. The van der Waals surface area contributed by atoms with Gasteiger partial charge in [-0.2, -0.15) is 5.26 Å². The van der Waals surface area contributed by atoms with Crippen molar-refractivity contribution in [2.24, 2.45) is 0 Å². The summed E-state index contributed by atoms with van der Waals surface area (Å²) in [6.07, 6.45) is 0.707. The van der Waals surface area contributed by atoms with Crippen molar-refractivity contribution in [2.45, 2.75) is 13.0 Å². The zero-order valence-corrected chi connectivity index (χ0v) is 13.0. The van der Waals surface area contributed by atoms with Gasteiger partial charge in [-0.25, -0.2) is 4.98 Å². The van der Waals surface area contributed by atoms with E-state index in [1.54, 1.807) is 55.6 Å². The Morgan fingerprint density at radius 3 is 2.71 bits per heavy atom. The molecule has 1 atom stereocenters. The number of amides is 2. The van der Waals surface area contributed by atoms with Gasteiger partial charge in [-0.3, -0.25) is 9.59 Å². The van der Waals surface area contributed by atoms with Gasteiger partial charge in [0.15, 0.2) is 6.10 Å². The number of benzene rings is 1. The highest BCUT2D eigenvalue weighted by Gasteiger charge is 2.17. The van der Waals surface area contributed by atoms with Crippen molar-refractivity contribution in [1.82, 2.24) is 10.3 Å². The number of nitrogens with zero attached hydrogens (tertiary/aromatic N) is 2. The average molecular weight is 324 g/mol. The van der Waals surface area contributed by atoms with E-state index in [4.69, 9.17) is 10.00 Å². The van der Waals surface area contributed by atoms with Crippen LogP contribution < -0.4 is 15.4 Å². The molecule has 0 saturated heterocycles. The maximum atomic E-state index is 12.0. The number of nitriles is 1. The molecule has 0 bridgehead atoms. The van der Waals surface area contributed by atoms with Crippen LogP contribution in [0.5, 0.6) is 5.75 Å². The molecule has 0 fully saturated rings. The summed E-state index contributed by atoms with van der Waals surface area (Å²) in [4.78, 5) is 27.7. The number of pyridine rings is 1. The van der Waals surface area contributed by atoms with Gasteiger partial charge in [0.25, 0.3) is 5.91 Å². The minimum absolute atomic E-state index is 0.205. The van der Waals surface area contributed by atoms with E-state index in [9.17, 15) is 9.59 Å². The number of carbonyl (C=O) groups excluding carboxylic acids is 2. The van der Waals surface area contributed by atoms with E-state index < -0.39 is 17.9 Å². The lowest BCUT2D eigenvalue weighted by atomic mass is 10.2. The van der Waals surface area contributed by atoms with Crippen molar-refractivity contribution in [2.75, 3.05) is 11.9 Å². The largest absolute Gasteiger partial charge is 0.480 e. The maximum Gasteiger partial charge on any atom is 0.261 e. The molecule has 0 aliphatic heterocycles. The zero-order chi connectivity index (χ0) is 17.4. The standard InChI is InChI=1S/C17H16N4O3/c1-12(24-14-7-3-2-6-13(14)10-18)17(23)20-11-16(22)21-15-8-4-5-9-19-15/h2-9,12H,11H2,1H3,(H,20,23)(H,19,21,22). The molecule has 0 spiro atoms. The quantitative estimate of drug-likeness (QED) is 0.837. The second-order valence-electron chi connectivity index (χ2n) is 4.85. The van der Waals surface area contributed by atoms with Crippen molar-refractivity contribution in [3.05, 3.63) is 54.2 Å². The van der Waals surface area contributed by atoms with Crippen molar-refractivity contribution in [1.29, 1.82) is 5.26 Å². The van der Waals surface area contributed by atoms with Crippen LogP contribution in [0.2, 0.25) is 0 Å². The third-order valence-electron chi connectivity index (χ3n) is 3.04. The van der Waals surface area contributed by atoms with Crippen molar-refractivity contribution >= 4 is 17.6 Å². The van der Waals surface area contributed by atoms with E-state index in [0.717, 1.165) is 0 Å². The minimum Gasteiger partial charge on any atom is -0.480 e. The molecule has 1 aromatic heterocycles. The van der Waals surface area contributed by atoms with E-state index in [1.807, 2.05) is 6.07 Å². The van der Waals surface area contributed by atoms with Crippen LogP contribution in [0.1, 0.15) is 12.5 Å². The highest BCUT2D eigenvalue weighted by molar-refractivity contribution is 5.94. The number of ether oxygens (including phenoxy) is 1. The molecule has 2 amide bonds. The van der Waals surface area contributed by atoms with Gasteiger partial charge in [-0.1, -0.05) is 18.2 Å². The second kappa shape index (κ2) is 8.29. The van der Waals surface area contributed by atoms with E-state index in [1.165, 1.54) is 0 Å². The van der Waals surface area contributed by atoms with Gasteiger partial charge in [0, 0.05) is 6.20 Å². The molecule has 1 aromatic carbocycles. The van der Waals surface area contributed by atoms with Crippen LogP contribution in [0, 0.1) is 11.3 Å². The predicted molar refractivity (Wildman–Crippen MR) is 87.1 cm³/mol. The topological polar surface area (TPSA) is 104 Å². The Kier molecular flexibility index (Phi) is 5.86. The van der Waals surface area contributed by atoms with Crippen LogP contribution in [0.15, 0.2) is 48.7 Å². The van der Waals surface area contributed by atoms with Crippen LogP contribution in [-0.4, -0.2) is 29.4 Å². The van der Waals surface area contributed by atoms with Crippen LogP contribution >= 0.6 is 0 Å². The summed E-state index contributed by atoms with van der Waals surface area (Å²) in [6.45, 7) is 1.34. The summed E-state index contributed by atoms with van der Waals surface area (Å²) in [6, 6.07) is 13.7. The first-order valence-corrected chi connectivity index (χ1v) is 7.24. The molecule has 2 N–H and O–H groups in total. The molecular formula is C17H16N4O3. The molecule has 0 radical (unpaired) electrons. The Labute approximate surface area is 139 Å². The fraction of sp³-hybridized carbons (Fsp3) is 0.176. The fourth-order valence-electron chi connectivity index (χ4n) is 1.84. The number of para-hydroxylation sites is 1. The number of aromatic nitrogens is 1. The van der Waals surface area contributed by atoms with E-state index in [2.05, 4.69) is 15.6 Å². The molecule has 7 heteroatoms. The molecular weight excluding hydrogens is 308 g/mol. The van der Waals surface area contributed by atoms with E-state index in [0.29, 0.717) is 17.1 Å². The van der Waals surface area contributed by atoms with Crippen molar-refractivity contribution < 1.29 is 14.3 Å². The molecule has 24 heavy (non-hydrogen) atoms. The first-order chi connectivity index (χ1) is 11.6. The highest BCUT2D eigenvalue weighted by atomic mass is 16.5. The molecule has 0 saturated carbocycles. The Morgan fingerprint density at radius 1 is 1.25 bits per heavy atom. The minimum atomic E-state index is -0.845. The summed E-state index contributed by atoms with van der Waals surface area (Å²) in [5.74, 6) is -0.129. The van der Waals surface area contributed by atoms with E-state index in [-0.39, 0.29) is 6.54 Å². The SMILES string of the molecule is CC(Oc1ccccc1C#N)C(=O)NCC(=O)Nc1ccccn1. The summed E-state index contributed by atoms with van der Waals surface area (Å²) in [5.41, 5.74) is 0.338. The number of carbonyl (C=O) groups is 2. The summed E-state index contributed by atoms with van der Waals surface area (Å²) in [5, 5.41) is 14.0. The lowest BCUT2D eigenvalue weighted by Gasteiger charge is -2.15. The number of hydrogen-bond acceptors (Lipinski definition) is 5. The molecule has 7 nitrogen and oxygen atoms in total. The smallest absolute Gasteiger partial charge is 0.261 e. The maximum absolute atomic E-state index is 12.0. The second-order valence-corrected chi connectivity index (χ2v) is 4.85. The zero-order valence-electron chi connectivity index (χ0n) is 13.0. The molecule has 2 rings (SSSR count). The van der Waals surface area contributed by atoms with Crippen LogP contribution in [0.25, 0.3) is 0 Å². The van der Waals surface area contributed by atoms with Gasteiger partial charge in [0.1, 0.15) is 17.6 Å². The molecule has 1 unspecified atom stereocenters. The van der Waals surface area contributed by atoms with Gasteiger partial charge in [-0.05, 0) is 31.2 Å². The lowest BCUT2D eigenvalue weighted by molar-refractivity contribution is -0.129. The van der Waals surface area contributed by atoms with Crippen molar-refractivity contribution in [3.63, 3.8) is 0 Å². The highest BCUT2D eigenvalue weighted by Crippen LogP contribution is 2.18. The van der Waals surface area contributed by atoms with Gasteiger partial charge >= 0.3 is 0 Å². The molecule has 1 heterocycles. The number of anilines is 1. The summed E-state index contributed by atoms with van der Waals surface area (Å²) in [7, 11) is 0. The Balaban J connectivity index is 1.83.